The maximum absolute atomic E-state index is 12.0. The Labute approximate surface area is 127 Å². The lowest BCUT2D eigenvalue weighted by Gasteiger charge is -2.34. The summed E-state index contributed by atoms with van der Waals surface area (Å²) in [6, 6.07) is 1.98. The molecule has 1 heterocycles. The van der Waals surface area contributed by atoms with Gasteiger partial charge in [0.15, 0.2) is 0 Å². The van der Waals surface area contributed by atoms with Gasteiger partial charge in [-0.05, 0) is 24.8 Å². The summed E-state index contributed by atoms with van der Waals surface area (Å²) in [7, 11) is 1.37. The molecular weight excluding hydrogens is 266 g/mol. The van der Waals surface area contributed by atoms with Crippen LogP contribution in [0.1, 0.15) is 50.9 Å². The Morgan fingerprint density at radius 2 is 2.00 bits per heavy atom. The van der Waals surface area contributed by atoms with Gasteiger partial charge < -0.3 is 15.4 Å². The van der Waals surface area contributed by atoms with Crippen LogP contribution in [-0.4, -0.2) is 30.6 Å². The molecule has 0 unspecified atom stereocenters. The molecule has 0 spiro atoms. The molecule has 21 heavy (non-hydrogen) atoms. The molecule has 0 bridgehead atoms. The molecule has 0 aromatic carbocycles. The molecule has 0 aliphatic heterocycles. The predicted octanol–water partition coefficient (Wildman–Crippen LogP) is 3.10. The van der Waals surface area contributed by atoms with E-state index < -0.39 is 5.97 Å². The number of hydrogen-bond donors (Lipinski definition) is 1. The summed E-state index contributed by atoms with van der Waals surface area (Å²) in [4.78, 5) is 18.7. The zero-order valence-electron chi connectivity index (χ0n) is 13.7. The minimum atomic E-state index is -0.399. The van der Waals surface area contributed by atoms with E-state index >= 15 is 0 Å². The van der Waals surface area contributed by atoms with Crippen molar-refractivity contribution in [2.24, 2.45) is 5.92 Å². The second kappa shape index (κ2) is 7.86. The van der Waals surface area contributed by atoms with Crippen LogP contribution in [0.15, 0.2) is 12.3 Å². The SMILES string of the molecule is CCC(CC)N(CC(C)C)c1ncc(N)cc1C(=O)OC. The van der Waals surface area contributed by atoms with Gasteiger partial charge in [0.25, 0.3) is 0 Å². The number of carbonyl (C=O) groups excluding carboxylic acids is 1. The van der Waals surface area contributed by atoms with Crippen LogP contribution < -0.4 is 10.6 Å². The summed E-state index contributed by atoms with van der Waals surface area (Å²) in [6.07, 6.45) is 3.59. The Bertz CT molecular complexity index is 471. The highest BCUT2D eigenvalue weighted by Crippen LogP contribution is 2.26. The number of pyridine rings is 1. The number of ether oxygens (including phenoxy) is 1. The summed E-state index contributed by atoms with van der Waals surface area (Å²) in [5.41, 5.74) is 6.67. The molecule has 118 valence electrons. The van der Waals surface area contributed by atoms with Gasteiger partial charge in [-0.3, -0.25) is 0 Å². The number of nitrogen functional groups attached to an aromatic ring is 1. The fourth-order valence-electron chi connectivity index (χ4n) is 2.49. The van der Waals surface area contributed by atoms with E-state index in [1.807, 2.05) is 0 Å². The zero-order valence-corrected chi connectivity index (χ0v) is 13.7. The maximum Gasteiger partial charge on any atom is 0.341 e. The lowest BCUT2D eigenvalue weighted by Crippen LogP contribution is -2.39. The van der Waals surface area contributed by atoms with Crippen molar-refractivity contribution in [1.82, 2.24) is 4.98 Å². The first-order chi connectivity index (χ1) is 9.94. The summed E-state index contributed by atoms with van der Waals surface area (Å²) in [5.74, 6) is 0.735. The molecule has 1 aromatic heterocycles. The molecule has 0 amide bonds. The molecule has 0 atom stereocenters. The van der Waals surface area contributed by atoms with Gasteiger partial charge in [0.1, 0.15) is 11.4 Å². The third-order valence-corrected chi connectivity index (χ3v) is 3.51. The number of nitrogens with two attached hydrogens (primary N) is 1. The summed E-state index contributed by atoms with van der Waals surface area (Å²) >= 11 is 0. The van der Waals surface area contributed by atoms with Crippen LogP contribution >= 0.6 is 0 Å². The summed E-state index contributed by atoms with van der Waals surface area (Å²) in [5, 5.41) is 0. The highest BCUT2D eigenvalue weighted by Gasteiger charge is 2.24. The van der Waals surface area contributed by atoms with E-state index in [0.29, 0.717) is 29.0 Å². The Kier molecular flexibility index (Phi) is 6.46. The van der Waals surface area contributed by atoms with Crippen molar-refractivity contribution in [3.63, 3.8) is 0 Å². The first-order valence-corrected chi connectivity index (χ1v) is 7.54. The van der Waals surface area contributed by atoms with Gasteiger partial charge in [0.2, 0.25) is 0 Å². The lowest BCUT2D eigenvalue weighted by molar-refractivity contribution is 0.0601. The molecule has 0 saturated carbocycles. The van der Waals surface area contributed by atoms with Crippen LogP contribution in [0.5, 0.6) is 0 Å². The van der Waals surface area contributed by atoms with Crippen molar-refractivity contribution in [3.05, 3.63) is 17.8 Å². The second-order valence-electron chi connectivity index (χ2n) is 5.65. The minimum absolute atomic E-state index is 0.340. The van der Waals surface area contributed by atoms with E-state index in [2.05, 4.69) is 37.6 Å². The number of anilines is 2. The van der Waals surface area contributed by atoms with Gasteiger partial charge >= 0.3 is 5.97 Å². The Hall–Kier alpha value is -1.78. The van der Waals surface area contributed by atoms with Gasteiger partial charge in [-0.15, -0.1) is 0 Å². The molecule has 1 rings (SSSR count). The van der Waals surface area contributed by atoms with E-state index in [1.54, 1.807) is 12.3 Å². The number of hydrogen-bond acceptors (Lipinski definition) is 5. The standard InChI is InChI=1S/C16H27N3O2/c1-6-13(7-2)19(10-11(3)4)15-14(16(20)21-5)8-12(17)9-18-15/h8-9,11,13H,6-7,10,17H2,1-5H3. The van der Waals surface area contributed by atoms with Gasteiger partial charge in [0.05, 0.1) is 19.0 Å². The number of carbonyl (C=O) groups is 1. The number of nitrogens with zero attached hydrogens (tertiary/aromatic N) is 2. The molecule has 5 heteroatoms. The Morgan fingerprint density at radius 1 is 1.38 bits per heavy atom. The fourth-order valence-corrected chi connectivity index (χ4v) is 2.49. The molecule has 5 nitrogen and oxygen atoms in total. The number of esters is 1. The van der Waals surface area contributed by atoms with Gasteiger partial charge in [-0.1, -0.05) is 27.7 Å². The van der Waals surface area contributed by atoms with Crippen LogP contribution in [0.25, 0.3) is 0 Å². The first kappa shape index (κ1) is 17.3. The van der Waals surface area contributed by atoms with Crippen LogP contribution in [0.4, 0.5) is 11.5 Å². The van der Waals surface area contributed by atoms with Gasteiger partial charge in [-0.2, -0.15) is 0 Å². The average Bonchev–Trinajstić information content (AvgIpc) is 2.46. The van der Waals surface area contributed by atoms with Gasteiger partial charge in [-0.25, -0.2) is 9.78 Å². The van der Waals surface area contributed by atoms with Crippen molar-refractivity contribution >= 4 is 17.5 Å². The molecule has 2 N–H and O–H groups in total. The molecule has 0 aliphatic rings. The van der Waals surface area contributed by atoms with E-state index in [0.717, 1.165) is 19.4 Å². The molecule has 0 saturated heterocycles. The van der Waals surface area contributed by atoms with Crippen LogP contribution in [0, 0.1) is 5.92 Å². The largest absolute Gasteiger partial charge is 0.465 e. The van der Waals surface area contributed by atoms with Crippen LogP contribution in [0.2, 0.25) is 0 Å². The topological polar surface area (TPSA) is 68.5 Å². The maximum atomic E-state index is 12.0. The van der Waals surface area contributed by atoms with Crippen molar-refractivity contribution in [2.45, 2.75) is 46.6 Å². The Balaban J connectivity index is 3.32. The number of methoxy groups -OCH3 is 1. The predicted molar refractivity (Wildman–Crippen MR) is 86.5 cm³/mol. The van der Waals surface area contributed by atoms with Crippen molar-refractivity contribution in [3.8, 4) is 0 Å². The number of aromatic nitrogens is 1. The molecule has 0 aliphatic carbocycles. The molecule has 1 aromatic rings. The average molecular weight is 293 g/mol. The first-order valence-electron chi connectivity index (χ1n) is 7.54. The highest BCUT2D eigenvalue weighted by molar-refractivity contribution is 5.95. The normalized spacial score (nSPS) is 11.0. The van der Waals surface area contributed by atoms with Crippen LogP contribution in [0.3, 0.4) is 0 Å². The quantitative estimate of drug-likeness (QED) is 0.782. The Morgan fingerprint density at radius 3 is 2.48 bits per heavy atom. The fraction of sp³-hybridized carbons (Fsp3) is 0.625. The molecule has 0 fully saturated rings. The molecule has 0 radical (unpaired) electrons. The van der Waals surface area contributed by atoms with Crippen molar-refractivity contribution in [2.75, 3.05) is 24.3 Å². The van der Waals surface area contributed by atoms with E-state index in [4.69, 9.17) is 10.5 Å². The van der Waals surface area contributed by atoms with E-state index in [9.17, 15) is 4.79 Å². The molecular formula is C16H27N3O2. The summed E-state index contributed by atoms with van der Waals surface area (Å²) < 4.78 is 4.87. The zero-order chi connectivity index (χ0) is 16.0. The third kappa shape index (κ3) is 4.34. The smallest absolute Gasteiger partial charge is 0.341 e. The third-order valence-electron chi connectivity index (χ3n) is 3.51. The van der Waals surface area contributed by atoms with E-state index in [-0.39, 0.29) is 0 Å². The second-order valence-corrected chi connectivity index (χ2v) is 5.65. The van der Waals surface area contributed by atoms with E-state index in [1.165, 1.54) is 7.11 Å². The monoisotopic (exact) mass is 293 g/mol. The number of rotatable bonds is 7. The van der Waals surface area contributed by atoms with Crippen molar-refractivity contribution < 1.29 is 9.53 Å². The lowest BCUT2D eigenvalue weighted by atomic mass is 10.1. The minimum Gasteiger partial charge on any atom is -0.465 e. The van der Waals surface area contributed by atoms with Crippen LogP contribution in [-0.2, 0) is 4.74 Å². The van der Waals surface area contributed by atoms with Crippen molar-refractivity contribution in [1.29, 1.82) is 0 Å². The highest BCUT2D eigenvalue weighted by atomic mass is 16.5. The van der Waals surface area contributed by atoms with Gasteiger partial charge in [0, 0.05) is 12.6 Å². The summed E-state index contributed by atoms with van der Waals surface area (Å²) in [6.45, 7) is 9.45.